The fourth-order valence-electron chi connectivity index (χ4n) is 1.81. The molecule has 1 aliphatic carbocycles. The van der Waals surface area contributed by atoms with Gasteiger partial charge < -0.3 is 10.0 Å². The van der Waals surface area contributed by atoms with Crippen LogP contribution in [0.25, 0.3) is 0 Å². The molecular formula is C13H18N2O. The fourth-order valence-corrected chi connectivity index (χ4v) is 1.81. The number of pyridine rings is 1. The molecule has 0 bridgehead atoms. The third kappa shape index (κ3) is 2.42. The Kier molecular flexibility index (Phi) is 3.25. The molecule has 1 heterocycles. The number of aliphatic hydroxyl groups is 1. The van der Waals surface area contributed by atoms with E-state index in [0.717, 1.165) is 17.9 Å². The van der Waals surface area contributed by atoms with Crippen LogP contribution < -0.4 is 4.90 Å². The van der Waals surface area contributed by atoms with Crippen LogP contribution in [0.1, 0.15) is 31.6 Å². The summed E-state index contributed by atoms with van der Waals surface area (Å²) in [7, 11) is 0. The second-order valence-electron chi connectivity index (χ2n) is 4.29. The van der Waals surface area contributed by atoms with E-state index in [1.807, 2.05) is 24.4 Å². The summed E-state index contributed by atoms with van der Waals surface area (Å²) in [5, 5.41) is 9.39. The minimum Gasteiger partial charge on any atom is -0.387 e. The topological polar surface area (TPSA) is 36.4 Å². The zero-order chi connectivity index (χ0) is 11.5. The van der Waals surface area contributed by atoms with Gasteiger partial charge in [-0.1, -0.05) is 6.08 Å². The maximum absolute atomic E-state index is 9.39. The molecule has 1 aromatic heterocycles. The number of hydrogen-bond acceptors (Lipinski definition) is 3. The van der Waals surface area contributed by atoms with Gasteiger partial charge >= 0.3 is 0 Å². The maximum atomic E-state index is 9.39. The lowest BCUT2D eigenvalue weighted by atomic mass is 10.2. The highest BCUT2D eigenvalue weighted by Crippen LogP contribution is 2.31. The van der Waals surface area contributed by atoms with Crippen LogP contribution in [0.2, 0.25) is 0 Å². The maximum Gasteiger partial charge on any atom is 0.0931 e. The molecule has 3 nitrogen and oxygen atoms in total. The number of nitrogens with zero attached hydrogens (tertiary/aromatic N) is 2. The summed E-state index contributed by atoms with van der Waals surface area (Å²) in [6.45, 7) is 6.37. The molecule has 0 aliphatic heterocycles. The van der Waals surface area contributed by atoms with E-state index in [-0.39, 0.29) is 0 Å². The van der Waals surface area contributed by atoms with Gasteiger partial charge in [0.15, 0.2) is 0 Å². The largest absolute Gasteiger partial charge is 0.387 e. The highest BCUT2D eigenvalue weighted by molar-refractivity contribution is 5.47. The lowest BCUT2D eigenvalue weighted by Gasteiger charge is -2.22. The highest BCUT2D eigenvalue weighted by Gasteiger charge is 2.28. The Hall–Kier alpha value is -1.35. The van der Waals surface area contributed by atoms with Crippen molar-refractivity contribution in [3.8, 4) is 0 Å². The van der Waals surface area contributed by atoms with E-state index in [2.05, 4.69) is 16.5 Å². The van der Waals surface area contributed by atoms with Crippen molar-refractivity contribution in [2.75, 3.05) is 11.4 Å². The molecule has 0 unspecified atom stereocenters. The Morgan fingerprint density at radius 2 is 2.38 bits per heavy atom. The molecule has 0 amide bonds. The van der Waals surface area contributed by atoms with E-state index < -0.39 is 6.10 Å². The summed E-state index contributed by atoms with van der Waals surface area (Å²) in [4.78, 5) is 6.58. The molecule has 16 heavy (non-hydrogen) atoms. The third-order valence-electron chi connectivity index (χ3n) is 2.84. The number of rotatable bonds is 5. The summed E-state index contributed by atoms with van der Waals surface area (Å²) < 4.78 is 0. The SMILES string of the molecule is C=CCN(c1ccc([C@H](C)O)nc1)C1CC1. The van der Waals surface area contributed by atoms with Crippen LogP contribution in [0.3, 0.4) is 0 Å². The molecule has 1 N–H and O–H groups in total. The van der Waals surface area contributed by atoms with Crippen molar-refractivity contribution in [3.63, 3.8) is 0 Å². The molecule has 1 fully saturated rings. The van der Waals surface area contributed by atoms with Crippen molar-refractivity contribution in [1.29, 1.82) is 0 Å². The van der Waals surface area contributed by atoms with Crippen molar-refractivity contribution in [1.82, 2.24) is 4.98 Å². The van der Waals surface area contributed by atoms with Crippen LogP contribution in [0, 0.1) is 0 Å². The quantitative estimate of drug-likeness (QED) is 0.770. The van der Waals surface area contributed by atoms with Gasteiger partial charge in [-0.2, -0.15) is 0 Å². The second-order valence-corrected chi connectivity index (χ2v) is 4.29. The Labute approximate surface area is 96.4 Å². The van der Waals surface area contributed by atoms with Crippen molar-refractivity contribution in [3.05, 3.63) is 36.7 Å². The van der Waals surface area contributed by atoms with E-state index in [9.17, 15) is 5.11 Å². The summed E-state index contributed by atoms with van der Waals surface area (Å²) in [6.07, 6.45) is 5.77. The molecular weight excluding hydrogens is 200 g/mol. The second kappa shape index (κ2) is 4.66. The van der Waals surface area contributed by atoms with Crippen LogP contribution in [0.5, 0.6) is 0 Å². The van der Waals surface area contributed by atoms with Gasteiger partial charge in [0.25, 0.3) is 0 Å². The van der Waals surface area contributed by atoms with Gasteiger partial charge in [0.05, 0.1) is 23.7 Å². The van der Waals surface area contributed by atoms with Crippen LogP contribution >= 0.6 is 0 Å². The summed E-state index contributed by atoms with van der Waals surface area (Å²) in [5.74, 6) is 0. The van der Waals surface area contributed by atoms with Gasteiger partial charge in [-0.25, -0.2) is 0 Å². The van der Waals surface area contributed by atoms with E-state index in [0.29, 0.717) is 6.04 Å². The van der Waals surface area contributed by atoms with E-state index in [4.69, 9.17) is 0 Å². The molecule has 86 valence electrons. The summed E-state index contributed by atoms with van der Waals surface area (Å²) in [5.41, 5.74) is 1.84. The van der Waals surface area contributed by atoms with Crippen molar-refractivity contribution in [2.24, 2.45) is 0 Å². The molecule has 1 saturated carbocycles. The standard InChI is InChI=1S/C13H18N2O/c1-3-8-15(11-4-5-11)12-6-7-13(10(2)16)14-9-12/h3,6-7,9-11,16H,1,4-5,8H2,2H3/t10-/m0/s1. The first-order valence-electron chi connectivity index (χ1n) is 5.74. The van der Waals surface area contributed by atoms with E-state index >= 15 is 0 Å². The Morgan fingerprint density at radius 1 is 1.62 bits per heavy atom. The molecule has 2 rings (SSSR count). The number of aromatic nitrogens is 1. The minimum absolute atomic E-state index is 0.497. The summed E-state index contributed by atoms with van der Waals surface area (Å²) in [6, 6.07) is 4.56. The predicted molar refractivity (Wildman–Crippen MR) is 65.4 cm³/mol. The number of aliphatic hydroxyl groups excluding tert-OH is 1. The normalized spacial score (nSPS) is 16.9. The molecule has 0 spiro atoms. The minimum atomic E-state index is -0.497. The first-order chi connectivity index (χ1) is 7.72. The monoisotopic (exact) mass is 218 g/mol. The van der Waals surface area contributed by atoms with Crippen LogP contribution in [-0.4, -0.2) is 22.7 Å². The van der Waals surface area contributed by atoms with E-state index in [1.54, 1.807) is 6.92 Å². The van der Waals surface area contributed by atoms with Crippen molar-refractivity contribution in [2.45, 2.75) is 31.9 Å². The van der Waals surface area contributed by atoms with Crippen molar-refractivity contribution < 1.29 is 5.11 Å². The smallest absolute Gasteiger partial charge is 0.0931 e. The predicted octanol–water partition coefficient (Wildman–Crippen LogP) is 2.29. The lowest BCUT2D eigenvalue weighted by Crippen LogP contribution is -2.25. The summed E-state index contributed by atoms with van der Waals surface area (Å²) >= 11 is 0. The molecule has 1 aromatic rings. The van der Waals surface area contributed by atoms with E-state index in [1.165, 1.54) is 12.8 Å². The average Bonchev–Trinajstić information content (AvgIpc) is 3.10. The Morgan fingerprint density at radius 3 is 2.81 bits per heavy atom. The zero-order valence-electron chi connectivity index (χ0n) is 9.63. The number of anilines is 1. The Bertz CT molecular complexity index is 355. The molecule has 1 atom stereocenters. The molecule has 3 heteroatoms. The fraction of sp³-hybridized carbons (Fsp3) is 0.462. The first kappa shape index (κ1) is 11.1. The van der Waals surface area contributed by atoms with Gasteiger partial charge in [0.1, 0.15) is 0 Å². The third-order valence-corrected chi connectivity index (χ3v) is 2.84. The highest BCUT2D eigenvalue weighted by atomic mass is 16.3. The van der Waals surface area contributed by atoms with Crippen LogP contribution in [-0.2, 0) is 0 Å². The van der Waals surface area contributed by atoms with Gasteiger partial charge in [-0.05, 0) is 31.9 Å². The molecule has 0 aromatic carbocycles. The van der Waals surface area contributed by atoms with Gasteiger partial charge in [-0.3, -0.25) is 4.98 Å². The van der Waals surface area contributed by atoms with Crippen molar-refractivity contribution >= 4 is 5.69 Å². The Balaban J connectivity index is 2.14. The van der Waals surface area contributed by atoms with Gasteiger partial charge in [-0.15, -0.1) is 6.58 Å². The zero-order valence-corrected chi connectivity index (χ0v) is 9.63. The molecule has 0 saturated heterocycles. The van der Waals surface area contributed by atoms with Gasteiger partial charge in [0, 0.05) is 12.6 Å². The molecule has 0 radical (unpaired) electrons. The first-order valence-corrected chi connectivity index (χ1v) is 5.74. The molecule has 1 aliphatic rings. The number of hydrogen-bond donors (Lipinski definition) is 1. The average molecular weight is 218 g/mol. The van der Waals surface area contributed by atoms with Gasteiger partial charge in [0.2, 0.25) is 0 Å². The van der Waals surface area contributed by atoms with Crippen LogP contribution in [0.4, 0.5) is 5.69 Å². The lowest BCUT2D eigenvalue weighted by molar-refractivity contribution is 0.194. The van der Waals surface area contributed by atoms with Crippen LogP contribution in [0.15, 0.2) is 31.0 Å².